The van der Waals surface area contributed by atoms with Crippen LogP contribution in [0.25, 0.3) is 0 Å². The minimum Gasteiger partial charge on any atom is -0.383 e. The normalized spacial score (nSPS) is 11.9. The van der Waals surface area contributed by atoms with Crippen molar-refractivity contribution in [3.05, 3.63) is 15.8 Å². The standard InChI is InChI=1S/C12H20N2O4S2/c1-8(2)14(5-6-18-4)12(15)10-7-11(9(3)19-10)20(13,16)17/h7-8H,5-6H2,1-4H3,(H2,13,16,17). The van der Waals surface area contributed by atoms with Gasteiger partial charge in [0.2, 0.25) is 10.0 Å². The summed E-state index contributed by atoms with van der Waals surface area (Å²) in [4.78, 5) is 15.0. The Kier molecular flexibility index (Phi) is 5.69. The number of carbonyl (C=O) groups excluding carboxylic acids is 1. The first-order valence-corrected chi connectivity index (χ1v) is 8.48. The molecule has 0 fully saturated rings. The van der Waals surface area contributed by atoms with Crippen molar-refractivity contribution in [2.75, 3.05) is 20.3 Å². The number of thiophene rings is 1. The molecule has 2 N–H and O–H groups in total. The number of hydrogen-bond donors (Lipinski definition) is 1. The summed E-state index contributed by atoms with van der Waals surface area (Å²) in [6.45, 7) is 6.31. The van der Waals surface area contributed by atoms with Crippen LogP contribution in [0.5, 0.6) is 0 Å². The number of primary sulfonamides is 1. The van der Waals surface area contributed by atoms with Crippen LogP contribution in [0.1, 0.15) is 28.4 Å². The maximum atomic E-state index is 12.4. The van der Waals surface area contributed by atoms with Crippen molar-refractivity contribution < 1.29 is 17.9 Å². The summed E-state index contributed by atoms with van der Waals surface area (Å²) in [5.41, 5.74) is 0. The van der Waals surface area contributed by atoms with Crippen molar-refractivity contribution >= 4 is 27.3 Å². The molecular formula is C12H20N2O4S2. The van der Waals surface area contributed by atoms with E-state index >= 15 is 0 Å². The van der Waals surface area contributed by atoms with E-state index in [4.69, 9.17) is 9.88 Å². The summed E-state index contributed by atoms with van der Waals surface area (Å²) in [6, 6.07) is 1.35. The zero-order valence-electron chi connectivity index (χ0n) is 12.0. The van der Waals surface area contributed by atoms with Crippen LogP contribution in [-0.2, 0) is 14.8 Å². The van der Waals surface area contributed by atoms with Gasteiger partial charge in [-0.25, -0.2) is 13.6 Å². The van der Waals surface area contributed by atoms with Gasteiger partial charge in [-0.05, 0) is 26.8 Å². The van der Waals surface area contributed by atoms with E-state index in [1.165, 1.54) is 6.07 Å². The molecule has 0 bridgehead atoms. The Bertz CT molecular complexity index is 578. The monoisotopic (exact) mass is 320 g/mol. The van der Waals surface area contributed by atoms with Crippen LogP contribution in [-0.4, -0.2) is 45.5 Å². The summed E-state index contributed by atoms with van der Waals surface area (Å²) >= 11 is 1.14. The average Bonchev–Trinajstić information content (AvgIpc) is 2.71. The van der Waals surface area contributed by atoms with Gasteiger partial charge in [0.15, 0.2) is 0 Å². The van der Waals surface area contributed by atoms with Gasteiger partial charge in [-0.3, -0.25) is 4.79 Å². The summed E-state index contributed by atoms with van der Waals surface area (Å²) in [7, 11) is -2.23. The highest BCUT2D eigenvalue weighted by atomic mass is 32.2. The molecule has 6 nitrogen and oxygen atoms in total. The smallest absolute Gasteiger partial charge is 0.264 e. The van der Waals surface area contributed by atoms with E-state index in [1.54, 1.807) is 18.9 Å². The van der Waals surface area contributed by atoms with Gasteiger partial charge < -0.3 is 9.64 Å². The van der Waals surface area contributed by atoms with Crippen LogP contribution in [0, 0.1) is 6.92 Å². The van der Waals surface area contributed by atoms with Crippen LogP contribution >= 0.6 is 11.3 Å². The Hall–Kier alpha value is -0.960. The number of rotatable bonds is 6. The second kappa shape index (κ2) is 6.66. The first-order valence-electron chi connectivity index (χ1n) is 6.11. The van der Waals surface area contributed by atoms with Gasteiger partial charge in [-0.1, -0.05) is 0 Å². The molecule has 0 spiro atoms. The van der Waals surface area contributed by atoms with Crippen molar-refractivity contribution in [2.45, 2.75) is 31.7 Å². The molecule has 0 aromatic carbocycles. The van der Waals surface area contributed by atoms with E-state index in [1.807, 2.05) is 13.8 Å². The summed E-state index contributed by atoms with van der Waals surface area (Å²) in [6.07, 6.45) is 0. The topological polar surface area (TPSA) is 89.7 Å². The Labute approximate surface area is 123 Å². The number of ether oxygens (including phenoxy) is 1. The largest absolute Gasteiger partial charge is 0.383 e. The van der Waals surface area contributed by atoms with Crippen molar-refractivity contribution in [3.8, 4) is 0 Å². The van der Waals surface area contributed by atoms with Crippen molar-refractivity contribution in [3.63, 3.8) is 0 Å². The highest BCUT2D eigenvalue weighted by Crippen LogP contribution is 2.26. The van der Waals surface area contributed by atoms with Crippen LogP contribution < -0.4 is 5.14 Å². The third-order valence-electron chi connectivity index (χ3n) is 2.81. The van der Waals surface area contributed by atoms with Gasteiger partial charge in [0.25, 0.3) is 5.91 Å². The van der Waals surface area contributed by atoms with E-state index in [9.17, 15) is 13.2 Å². The first kappa shape index (κ1) is 17.1. The van der Waals surface area contributed by atoms with Gasteiger partial charge >= 0.3 is 0 Å². The maximum absolute atomic E-state index is 12.4. The van der Waals surface area contributed by atoms with Gasteiger partial charge in [-0.2, -0.15) is 0 Å². The molecule has 0 atom stereocenters. The number of carbonyl (C=O) groups is 1. The molecule has 0 unspecified atom stereocenters. The zero-order valence-corrected chi connectivity index (χ0v) is 13.7. The first-order chi connectivity index (χ1) is 9.18. The maximum Gasteiger partial charge on any atom is 0.264 e. The minimum absolute atomic E-state index is 0.00186. The fourth-order valence-electron chi connectivity index (χ4n) is 1.78. The number of nitrogens with zero attached hydrogens (tertiary/aromatic N) is 1. The fourth-order valence-corrected chi connectivity index (χ4v) is 3.88. The number of amides is 1. The highest BCUT2D eigenvalue weighted by molar-refractivity contribution is 7.89. The summed E-state index contributed by atoms with van der Waals surface area (Å²) < 4.78 is 27.8. The van der Waals surface area contributed by atoms with Gasteiger partial charge in [0, 0.05) is 24.6 Å². The molecular weight excluding hydrogens is 300 g/mol. The van der Waals surface area contributed by atoms with E-state index in [0.29, 0.717) is 22.9 Å². The number of hydrogen-bond acceptors (Lipinski definition) is 5. The molecule has 0 saturated carbocycles. The average molecular weight is 320 g/mol. The molecule has 114 valence electrons. The van der Waals surface area contributed by atoms with Crippen LogP contribution in [0.15, 0.2) is 11.0 Å². The third-order valence-corrected chi connectivity index (χ3v) is 5.01. The highest BCUT2D eigenvalue weighted by Gasteiger charge is 2.24. The Morgan fingerprint density at radius 3 is 2.50 bits per heavy atom. The molecule has 1 aromatic heterocycles. The molecule has 0 radical (unpaired) electrons. The number of methoxy groups -OCH3 is 1. The Morgan fingerprint density at radius 1 is 1.50 bits per heavy atom. The summed E-state index contributed by atoms with van der Waals surface area (Å²) in [5, 5.41) is 5.12. The lowest BCUT2D eigenvalue weighted by molar-refractivity contribution is 0.0639. The van der Waals surface area contributed by atoms with E-state index in [-0.39, 0.29) is 16.8 Å². The molecule has 0 aliphatic rings. The third kappa shape index (κ3) is 4.02. The van der Waals surface area contributed by atoms with Gasteiger partial charge in [0.1, 0.15) is 0 Å². The summed E-state index contributed by atoms with van der Waals surface area (Å²) in [5.74, 6) is -0.208. The fraction of sp³-hybridized carbons (Fsp3) is 0.583. The van der Waals surface area contributed by atoms with Gasteiger partial charge in [-0.15, -0.1) is 11.3 Å². The molecule has 1 rings (SSSR count). The molecule has 1 amide bonds. The lowest BCUT2D eigenvalue weighted by Crippen LogP contribution is -2.38. The molecule has 1 heterocycles. The van der Waals surface area contributed by atoms with Crippen molar-refractivity contribution in [2.24, 2.45) is 5.14 Å². The van der Waals surface area contributed by atoms with Crippen molar-refractivity contribution in [1.82, 2.24) is 4.90 Å². The number of aryl methyl sites for hydroxylation is 1. The molecule has 0 aliphatic heterocycles. The molecule has 0 saturated heterocycles. The van der Waals surface area contributed by atoms with E-state index < -0.39 is 10.0 Å². The second-order valence-corrected chi connectivity index (χ2v) is 7.45. The number of sulfonamides is 1. The predicted molar refractivity (Wildman–Crippen MR) is 78.5 cm³/mol. The molecule has 1 aromatic rings. The zero-order chi connectivity index (χ0) is 15.5. The van der Waals surface area contributed by atoms with Gasteiger partial charge in [0.05, 0.1) is 16.4 Å². The quantitative estimate of drug-likeness (QED) is 0.853. The Morgan fingerprint density at radius 2 is 2.10 bits per heavy atom. The van der Waals surface area contributed by atoms with Crippen LogP contribution in [0.3, 0.4) is 0 Å². The van der Waals surface area contributed by atoms with Crippen LogP contribution in [0.2, 0.25) is 0 Å². The number of nitrogens with two attached hydrogens (primary N) is 1. The minimum atomic E-state index is -3.79. The molecule has 0 aliphatic carbocycles. The predicted octanol–water partition coefficient (Wildman–Crippen LogP) is 1.20. The molecule has 8 heteroatoms. The van der Waals surface area contributed by atoms with Crippen molar-refractivity contribution in [1.29, 1.82) is 0 Å². The van der Waals surface area contributed by atoms with Crippen LogP contribution in [0.4, 0.5) is 0 Å². The van der Waals surface area contributed by atoms with E-state index in [0.717, 1.165) is 11.3 Å². The van der Waals surface area contributed by atoms with E-state index in [2.05, 4.69) is 0 Å². The lowest BCUT2D eigenvalue weighted by Gasteiger charge is -2.25. The Balaban J connectivity index is 3.07. The SMILES string of the molecule is COCCN(C(=O)c1cc(S(N)(=O)=O)c(C)s1)C(C)C. The molecule has 20 heavy (non-hydrogen) atoms. The second-order valence-electron chi connectivity index (χ2n) is 4.66. The lowest BCUT2D eigenvalue weighted by atomic mass is 10.3.